The number of nitrogens with zero attached hydrogens (tertiary/aromatic N) is 2. The Balaban J connectivity index is 1.88. The van der Waals surface area contributed by atoms with Crippen molar-refractivity contribution in [3.8, 4) is 0 Å². The van der Waals surface area contributed by atoms with Gasteiger partial charge in [0.05, 0.1) is 18.7 Å². The van der Waals surface area contributed by atoms with E-state index in [1.165, 1.54) is 6.92 Å². The third-order valence-corrected chi connectivity index (χ3v) is 2.68. The van der Waals surface area contributed by atoms with E-state index in [-0.39, 0.29) is 11.9 Å². The lowest BCUT2D eigenvalue weighted by Gasteiger charge is -2.14. The van der Waals surface area contributed by atoms with Crippen molar-refractivity contribution in [1.82, 2.24) is 20.2 Å². The molecular weight excluding hydrogens is 208 g/mol. The fraction of sp³-hybridized carbons (Fsp3) is 0.600. The van der Waals surface area contributed by atoms with Crippen molar-refractivity contribution in [2.75, 3.05) is 13.1 Å². The quantitative estimate of drug-likeness (QED) is 0.621. The SMILES string of the molecule is CC(=O)N[C@@H]1CN(Cc2ncc[nH]2)C[C@H]1O. The van der Waals surface area contributed by atoms with Gasteiger partial charge in [0.1, 0.15) is 5.82 Å². The molecule has 1 aliphatic rings. The van der Waals surface area contributed by atoms with Crippen molar-refractivity contribution < 1.29 is 9.90 Å². The number of nitrogens with one attached hydrogen (secondary N) is 2. The van der Waals surface area contributed by atoms with E-state index in [4.69, 9.17) is 0 Å². The molecule has 1 aliphatic heterocycles. The topological polar surface area (TPSA) is 81.2 Å². The van der Waals surface area contributed by atoms with Crippen LogP contribution in [-0.4, -0.2) is 51.1 Å². The number of aromatic amines is 1. The second kappa shape index (κ2) is 4.63. The monoisotopic (exact) mass is 224 g/mol. The molecule has 1 aromatic rings. The summed E-state index contributed by atoms with van der Waals surface area (Å²) in [6.45, 7) is 3.34. The van der Waals surface area contributed by atoms with Gasteiger partial charge in [0.15, 0.2) is 0 Å². The molecule has 0 radical (unpaired) electrons. The van der Waals surface area contributed by atoms with Crippen LogP contribution in [0.2, 0.25) is 0 Å². The number of aliphatic hydroxyl groups excluding tert-OH is 1. The number of carbonyl (C=O) groups is 1. The number of imidazole rings is 1. The van der Waals surface area contributed by atoms with Gasteiger partial charge in [-0.25, -0.2) is 4.98 Å². The summed E-state index contributed by atoms with van der Waals surface area (Å²) < 4.78 is 0. The summed E-state index contributed by atoms with van der Waals surface area (Å²) in [6.07, 6.45) is 2.97. The van der Waals surface area contributed by atoms with Crippen molar-refractivity contribution >= 4 is 5.91 Å². The van der Waals surface area contributed by atoms with E-state index in [9.17, 15) is 9.90 Å². The molecule has 2 heterocycles. The van der Waals surface area contributed by atoms with E-state index in [1.54, 1.807) is 12.4 Å². The van der Waals surface area contributed by atoms with Crippen LogP contribution >= 0.6 is 0 Å². The maximum atomic E-state index is 10.9. The summed E-state index contributed by atoms with van der Waals surface area (Å²) in [4.78, 5) is 20.1. The highest BCUT2D eigenvalue weighted by Gasteiger charge is 2.31. The average Bonchev–Trinajstić information content (AvgIpc) is 2.78. The first-order valence-electron chi connectivity index (χ1n) is 5.31. The summed E-state index contributed by atoms with van der Waals surface area (Å²) in [5.41, 5.74) is 0. The summed E-state index contributed by atoms with van der Waals surface area (Å²) in [6, 6.07) is -0.174. The number of aliphatic hydroxyl groups is 1. The van der Waals surface area contributed by atoms with Gasteiger partial charge in [-0.05, 0) is 0 Å². The van der Waals surface area contributed by atoms with Gasteiger partial charge in [0.25, 0.3) is 0 Å². The van der Waals surface area contributed by atoms with Crippen molar-refractivity contribution in [2.45, 2.75) is 25.6 Å². The highest BCUT2D eigenvalue weighted by atomic mass is 16.3. The van der Waals surface area contributed by atoms with Gasteiger partial charge in [-0.3, -0.25) is 9.69 Å². The van der Waals surface area contributed by atoms with Gasteiger partial charge >= 0.3 is 0 Å². The molecule has 6 heteroatoms. The second-order valence-corrected chi connectivity index (χ2v) is 4.10. The number of carbonyl (C=O) groups excluding carboxylic acids is 1. The molecule has 1 aromatic heterocycles. The Morgan fingerprint density at radius 2 is 2.56 bits per heavy atom. The molecule has 0 unspecified atom stereocenters. The van der Waals surface area contributed by atoms with Gasteiger partial charge < -0.3 is 15.4 Å². The van der Waals surface area contributed by atoms with Crippen LogP contribution in [0, 0.1) is 0 Å². The molecule has 16 heavy (non-hydrogen) atoms. The largest absolute Gasteiger partial charge is 0.390 e. The zero-order valence-electron chi connectivity index (χ0n) is 9.18. The van der Waals surface area contributed by atoms with E-state index in [0.29, 0.717) is 19.6 Å². The highest BCUT2D eigenvalue weighted by Crippen LogP contribution is 2.12. The Kier molecular flexibility index (Phi) is 3.21. The molecule has 0 spiro atoms. The van der Waals surface area contributed by atoms with Gasteiger partial charge in [-0.1, -0.05) is 0 Å². The maximum Gasteiger partial charge on any atom is 0.217 e. The van der Waals surface area contributed by atoms with Gasteiger partial charge in [0, 0.05) is 32.4 Å². The molecule has 0 saturated carbocycles. The Hall–Kier alpha value is -1.40. The molecule has 3 N–H and O–H groups in total. The lowest BCUT2D eigenvalue weighted by molar-refractivity contribution is -0.120. The predicted octanol–water partition coefficient (Wildman–Crippen LogP) is -0.909. The molecule has 6 nitrogen and oxygen atoms in total. The third kappa shape index (κ3) is 2.59. The van der Waals surface area contributed by atoms with E-state index >= 15 is 0 Å². The van der Waals surface area contributed by atoms with Crippen LogP contribution in [0.1, 0.15) is 12.7 Å². The number of β-amino-alcohol motifs (C(OH)–C–C–N with tert-alkyl or cyclic N) is 1. The van der Waals surface area contributed by atoms with E-state index < -0.39 is 6.10 Å². The number of rotatable bonds is 3. The van der Waals surface area contributed by atoms with Gasteiger partial charge in [0.2, 0.25) is 5.91 Å². The minimum atomic E-state index is -0.501. The Morgan fingerprint density at radius 3 is 3.19 bits per heavy atom. The lowest BCUT2D eigenvalue weighted by Crippen LogP contribution is -2.41. The smallest absolute Gasteiger partial charge is 0.217 e. The van der Waals surface area contributed by atoms with Crippen LogP contribution < -0.4 is 5.32 Å². The molecule has 0 aromatic carbocycles. The van der Waals surface area contributed by atoms with Gasteiger partial charge in [-0.2, -0.15) is 0 Å². The number of likely N-dealkylation sites (tertiary alicyclic amines) is 1. The Morgan fingerprint density at radius 1 is 1.75 bits per heavy atom. The number of amides is 1. The minimum absolute atomic E-state index is 0.108. The standard InChI is InChI=1S/C10H16N4O2/c1-7(15)13-8-4-14(5-9(8)16)6-10-11-2-3-12-10/h2-3,8-9,16H,4-6H2,1H3,(H,11,12)(H,13,15)/t8-,9-/m1/s1. The number of hydrogen-bond donors (Lipinski definition) is 3. The summed E-state index contributed by atoms with van der Waals surface area (Å²) in [5.74, 6) is 0.763. The summed E-state index contributed by atoms with van der Waals surface area (Å²) in [7, 11) is 0. The number of hydrogen-bond acceptors (Lipinski definition) is 4. The normalized spacial score (nSPS) is 25.9. The van der Waals surface area contributed by atoms with Crippen LogP contribution in [-0.2, 0) is 11.3 Å². The van der Waals surface area contributed by atoms with Crippen LogP contribution in [0.25, 0.3) is 0 Å². The predicted molar refractivity (Wildman–Crippen MR) is 57.5 cm³/mol. The fourth-order valence-corrected chi connectivity index (χ4v) is 1.99. The highest BCUT2D eigenvalue weighted by molar-refractivity contribution is 5.73. The minimum Gasteiger partial charge on any atom is -0.390 e. The van der Waals surface area contributed by atoms with Gasteiger partial charge in [-0.15, -0.1) is 0 Å². The van der Waals surface area contributed by atoms with Crippen molar-refractivity contribution in [1.29, 1.82) is 0 Å². The van der Waals surface area contributed by atoms with Crippen molar-refractivity contribution in [3.05, 3.63) is 18.2 Å². The molecule has 88 valence electrons. The second-order valence-electron chi connectivity index (χ2n) is 4.10. The van der Waals surface area contributed by atoms with Crippen LogP contribution in [0.3, 0.4) is 0 Å². The first kappa shape index (κ1) is 11.1. The first-order valence-corrected chi connectivity index (χ1v) is 5.31. The van der Waals surface area contributed by atoms with E-state index in [2.05, 4.69) is 20.2 Å². The fourth-order valence-electron chi connectivity index (χ4n) is 1.99. The first-order chi connectivity index (χ1) is 7.65. The molecule has 1 amide bonds. The Labute approximate surface area is 93.7 Å². The van der Waals surface area contributed by atoms with Crippen LogP contribution in [0.4, 0.5) is 0 Å². The van der Waals surface area contributed by atoms with Crippen molar-refractivity contribution in [2.24, 2.45) is 0 Å². The zero-order chi connectivity index (χ0) is 11.5. The molecule has 2 rings (SSSR count). The average molecular weight is 224 g/mol. The molecular formula is C10H16N4O2. The van der Waals surface area contributed by atoms with Crippen LogP contribution in [0.15, 0.2) is 12.4 Å². The van der Waals surface area contributed by atoms with E-state index in [1.807, 2.05) is 0 Å². The Bertz CT molecular complexity index is 352. The molecule has 1 fully saturated rings. The van der Waals surface area contributed by atoms with Crippen LogP contribution in [0.5, 0.6) is 0 Å². The van der Waals surface area contributed by atoms with Crippen molar-refractivity contribution in [3.63, 3.8) is 0 Å². The molecule has 1 saturated heterocycles. The molecule has 0 bridgehead atoms. The maximum absolute atomic E-state index is 10.9. The summed E-state index contributed by atoms with van der Waals surface area (Å²) in [5, 5.41) is 12.5. The number of H-pyrrole nitrogens is 1. The lowest BCUT2D eigenvalue weighted by atomic mass is 10.2. The molecule has 0 aliphatic carbocycles. The third-order valence-electron chi connectivity index (χ3n) is 2.68. The number of aromatic nitrogens is 2. The molecule has 2 atom stereocenters. The summed E-state index contributed by atoms with van der Waals surface area (Å²) >= 11 is 0. The van der Waals surface area contributed by atoms with E-state index in [0.717, 1.165) is 5.82 Å². The zero-order valence-corrected chi connectivity index (χ0v) is 9.18.